The van der Waals surface area contributed by atoms with E-state index in [2.05, 4.69) is 11.8 Å². The summed E-state index contributed by atoms with van der Waals surface area (Å²) in [5, 5.41) is 0. The summed E-state index contributed by atoms with van der Waals surface area (Å²) >= 11 is 0. The normalized spacial score (nSPS) is 13.7. The van der Waals surface area contributed by atoms with Crippen molar-refractivity contribution in [2.24, 2.45) is 0 Å². The number of carbonyl (C=O) groups excluding carboxylic acids is 1. The monoisotopic (exact) mass is 426 g/mol. The second-order valence-electron chi connectivity index (χ2n) is 7.76. The molecule has 1 amide bonds. The molecular formula is C25H34N2O4. The molecule has 1 aliphatic rings. The van der Waals surface area contributed by atoms with Gasteiger partial charge in [0.15, 0.2) is 6.61 Å². The van der Waals surface area contributed by atoms with E-state index in [1.165, 1.54) is 12.8 Å². The summed E-state index contributed by atoms with van der Waals surface area (Å²) in [5.74, 6) is 2.13. The van der Waals surface area contributed by atoms with Crippen LogP contribution < -0.4 is 19.1 Å². The van der Waals surface area contributed by atoms with Gasteiger partial charge in [0.05, 0.1) is 13.7 Å². The number of unbranched alkanes of at least 4 members (excludes halogenated alkanes) is 1. The number of amides is 1. The van der Waals surface area contributed by atoms with Crippen LogP contribution in [0.5, 0.6) is 17.2 Å². The van der Waals surface area contributed by atoms with Crippen molar-refractivity contribution in [3.63, 3.8) is 0 Å². The number of likely N-dealkylation sites (tertiary alicyclic amines) is 1. The van der Waals surface area contributed by atoms with Crippen molar-refractivity contribution in [1.29, 1.82) is 0 Å². The first-order valence-corrected chi connectivity index (χ1v) is 11.2. The van der Waals surface area contributed by atoms with Gasteiger partial charge in [-0.25, -0.2) is 0 Å². The Morgan fingerprint density at radius 3 is 2.39 bits per heavy atom. The van der Waals surface area contributed by atoms with E-state index >= 15 is 0 Å². The second-order valence-corrected chi connectivity index (χ2v) is 7.76. The summed E-state index contributed by atoms with van der Waals surface area (Å²) < 4.78 is 16.8. The quantitative estimate of drug-likeness (QED) is 0.472. The van der Waals surface area contributed by atoms with Crippen LogP contribution in [0.4, 0.5) is 5.69 Å². The molecule has 0 atom stereocenters. The van der Waals surface area contributed by atoms with Gasteiger partial charge in [0.1, 0.15) is 17.2 Å². The highest BCUT2D eigenvalue weighted by atomic mass is 16.5. The molecule has 31 heavy (non-hydrogen) atoms. The van der Waals surface area contributed by atoms with Crippen LogP contribution >= 0.6 is 0 Å². The first kappa shape index (κ1) is 22.9. The number of rotatable bonds is 12. The summed E-state index contributed by atoms with van der Waals surface area (Å²) in [7, 11) is 1.63. The van der Waals surface area contributed by atoms with Crippen molar-refractivity contribution in [2.45, 2.75) is 32.6 Å². The van der Waals surface area contributed by atoms with Gasteiger partial charge >= 0.3 is 0 Å². The number of hydrogen-bond acceptors (Lipinski definition) is 5. The van der Waals surface area contributed by atoms with E-state index in [0.717, 1.165) is 49.7 Å². The van der Waals surface area contributed by atoms with Crippen LogP contribution in [-0.4, -0.2) is 57.3 Å². The Bertz CT molecular complexity index is 803. The second kappa shape index (κ2) is 12.2. The Morgan fingerprint density at radius 1 is 1.00 bits per heavy atom. The largest absolute Gasteiger partial charge is 0.497 e. The number of benzene rings is 2. The predicted molar refractivity (Wildman–Crippen MR) is 123 cm³/mol. The lowest BCUT2D eigenvalue weighted by Gasteiger charge is -2.26. The van der Waals surface area contributed by atoms with Crippen molar-refractivity contribution in [2.75, 3.05) is 51.4 Å². The van der Waals surface area contributed by atoms with Crippen LogP contribution in [0, 0.1) is 0 Å². The Labute approximate surface area is 185 Å². The van der Waals surface area contributed by atoms with Crippen molar-refractivity contribution in [3.05, 3.63) is 48.5 Å². The molecule has 168 valence electrons. The predicted octanol–water partition coefficient (Wildman–Crippen LogP) is 4.38. The third-order valence-electron chi connectivity index (χ3n) is 5.46. The van der Waals surface area contributed by atoms with E-state index in [0.29, 0.717) is 18.9 Å². The van der Waals surface area contributed by atoms with Gasteiger partial charge in [-0.05, 0) is 68.8 Å². The molecule has 1 saturated heterocycles. The van der Waals surface area contributed by atoms with E-state index in [-0.39, 0.29) is 12.5 Å². The van der Waals surface area contributed by atoms with Crippen LogP contribution in [-0.2, 0) is 4.79 Å². The highest BCUT2D eigenvalue weighted by Crippen LogP contribution is 2.22. The van der Waals surface area contributed by atoms with Gasteiger partial charge < -0.3 is 24.0 Å². The average molecular weight is 427 g/mol. The zero-order valence-electron chi connectivity index (χ0n) is 18.7. The zero-order valence-corrected chi connectivity index (χ0v) is 18.7. The minimum absolute atomic E-state index is 0.0206. The fourth-order valence-electron chi connectivity index (χ4n) is 3.61. The summed E-state index contributed by atoms with van der Waals surface area (Å²) in [6.45, 7) is 6.51. The van der Waals surface area contributed by atoms with Crippen LogP contribution in [0.3, 0.4) is 0 Å². The lowest BCUT2D eigenvalue weighted by atomic mass is 10.2. The Balaban J connectivity index is 1.60. The van der Waals surface area contributed by atoms with Gasteiger partial charge in [-0.2, -0.15) is 0 Å². The molecule has 0 aliphatic carbocycles. The van der Waals surface area contributed by atoms with Gasteiger partial charge in [0.25, 0.3) is 5.91 Å². The van der Waals surface area contributed by atoms with E-state index in [1.807, 2.05) is 48.5 Å². The van der Waals surface area contributed by atoms with E-state index in [4.69, 9.17) is 14.2 Å². The maximum absolute atomic E-state index is 13.1. The topological polar surface area (TPSA) is 51.2 Å². The summed E-state index contributed by atoms with van der Waals surface area (Å²) in [4.78, 5) is 17.3. The number of methoxy groups -OCH3 is 1. The fourth-order valence-corrected chi connectivity index (χ4v) is 3.61. The summed E-state index contributed by atoms with van der Waals surface area (Å²) in [6.07, 6.45) is 4.60. The van der Waals surface area contributed by atoms with Gasteiger partial charge in [-0.15, -0.1) is 0 Å². The molecule has 0 saturated carbocycles. The van der Waals surface area contributed by atoms with Crippen molar-refractivity contribution < 1.29 is 19.0 Å². The van der Waals surface area contributed by atoms with E-state index in [9.17, 15) is 4.79 Å². The first-order chi connectivity index (χ1) is 15.2. The molecule has 6 nitrogen and oxygen atoms in total. The Morgan fingerprint density at radius 2 is 1.71 bits per heavy atom. The molecule has 1 aliphatic heterocycles. The van der Waals surface area contributed by atoms with Gasteiger partial charge in [-0.1, -0.05) is 19.4 Å². The molecule has 1 fully saturated rings. The molecule has 2 aromatic carbocycles. The minimum atomic E-state index is -0.0734. The Kier molecular flexibility index (Phi) is 9.03. The number of ether oxygens (including phenoxy) is 3. The smallest absolute Gasteiger partial charge is 0.264 e. The average Bonchev–Trinajstić information content (AvgIpc) is 3.32. The first-order valence-electron chi connectivity index (χ1n) is 11.2. The lowest BCUT2D eigenvalue weighted by Crippen LogP contribution is -2.40. The van der Waals surface area contributed by atoms with Crippen LogP contribution in [0.15, 0.2) is 48.5 Å². The van der Waals surface area contributed by atoms with Crippen LogP contribution in [0.25, 0.3) is 0 Å². The number of hydrogen-bond donors (Lipinski definition) is 0. The van der Waals surface area contributed by atoms with Crippen molar-refractivity contribution >= 4 is 11.6 Å². The summed E-state index contributed by atoms with van der Waals surface area (Å²) in [5.41, 5.74) is 0.826. The molecule has 0 N–H and O–H groups in total. The van der Waals surface area contributed by atoms with Gasteiger partial charge in [0, 0.05) is 24.8 Å². The zero-order chi connectivity index (χ0) is 21.9. The molecule has 1 heterocycles. The molecular weight excluding hydrogens is 392 g/mol. The molecule has 0 bridgehead atoms. The van der Waals surface area contributed by atoms with E-state index in [1.54, 1.807) is 12.0 Å². The minimum Gasteiger partial charge on any atom is -0.497 e. The molecule has 6 heteroatoms. The SMILES string of the molecule is CCCCOc1ccc(OCC(=O)N(CCN2CCCC2)c2cccc(OC)c2)cc1. The van der Waals surface area contributed by atoms with Crippen molar-refractivity contribution in [1.82, 2.24) is 4.90 Å². The number of carbonyl (C=O) groups is 1. The van der Waals surface area contributed by atoms with Crippen LogP contribution in [0.1, 0.15) is 32.6 Å². The van der Waals surface area contributed by atoms with E-state index < -0.39 is 0 Å². The molecule has 0 spiro atoms. The molecule has 0 radical (unpaired) electrons. The van der Waals surface area contributed by atoms with Crippen LogP contribution in [0.2, 0.25) is 0 Å². The van der Waals surface area contributed by atoms with Crippen molar-refractivity contribution in [3.8, 4) is 17.2 Å². The van der Waals surface area contributed by atoms with Gasteiger partial charge in [-0.3, -0.25) is 4.79 Å². The third kappa shape index (κ3) is 7.17. The maximum atomic E-state index is 13.1. The third-order valence-corrected chi connectivity index (χ3v) is 5.46. The molecule has 2 aromatic rings. The lowest BCUT2D eigenvalue weighted by molar-refractivity contribution is -0.120. The molecule has 0 unspecified atom stereocenters. The Hall–Kier alpha value is -2.73. The standard InChI is InChI=1S/C25H34N2O4/c1-3-4-18-30-22-10-12-23(13-11-22)31-20-25(28)27(17-16-26-14-5-6-15-26)21-8-7-9-24(19-21)29-2/h7-13,19H,3-6,14-18,20H2,1-2H3. The molecule has 0 aromatic heterocycles. The molecule has 3 rings (SSSR count). The highest BCUT2D eigenvalue weighted by Gasteiger charge is 2.20. The highest BCUT2D eigenvalue weighted by molar-refractivity contribution is 5.94. The number of nitrogens with zero attached hydrogens (tertiary/aromatic N) is 2. The number of anilines is 1. The fraction of sp³-hybridized carbons (Fsp3) is 0.480. The maximum Gasteiger partial charge on any atom is 0.264 e. The summed E-state index contributed by atoms with van der Waals surface area (Å²) in [6, 6.07) is 15.1. The van der Waals surface area contributed by atoms with Gasteiger partial charge in [0.2, 0.25) is 0 Å².